The Labute approximate surface area is 164 Å². The molecular formula is C20H8O2S4. The Morgan fingerprint density at radius 2 is 0.615 bits per heavy atom. The average Bonchev–Trinajstić information content (AvgIpc) is 3.43. The first-order valence-corrected chi connectivity index (χ1v) is 11.6. The topological polar surface area (TPSA) is 34.1 Å². The highest BCUT2D eigenvalue weighted by Crippen LogP contribution is 2.49. The Balaban J connectivity index is 1.81. The highest BCUT2D eigenvalue weighted by molar-refractivity contribution is 7.10. The first kappa shape index (κ1) is 15.0. The zero-order valence-electron chi connectivity index (χ0n) is 13.1. The van der Waals surface area contributed by atoms with E-state index in [4.69, 9.17) is 0 Å². The summed E-state index contributed by atoms with van der Waals surface area (Å²) in [5, 5.41) is 16.0. The summed E-state index contributed by atoms with van der Waals surface area (Å²) in [6, 6.07) is 0. The summed E-state index contributed by atoms with van der Waals surface area (Å²) >= 11 is 6.22. The monoisotopic (exact) mass is 408 g/mol. The second-order valence-electron chi connectivity index (χ2n) is 6.20. The van der Waals surface area contributed by atoms with Crippen molar-refractivity contribution in [3.05, 3.63) is 87.5 Å². The van der Waals surface area contributed by atoms with Crippen molar-refractivity contribution in [2.24, 2.45) is 0 Å². The summed E-state index contributed by atoms with van der Waals surface area (Å²) in [7, 11) is 0. The molecule has 0 amide bonds. The molecule has 2 aliphatic rings. The summed E-state index contributed by atoms with van der Waals surface area (Å²) in [5.41, 5.74) is 9.22. The van der Waals surface area contributed by atoms with Gasteiger partial charge in [0.2, 0.25) is 0 Å². The van der Waals surface area contributed by atoms with E-state index in [2.05, 4.69) is 21.5 Å². The highest BCUT2D eigenvalue weighted by atomic mass is 32.1. The van der Waals surface area contributed by atoms with Crippen LogP contribution >= 0.6 is 45.3 Å². The molecule has 0 N–H and O–H groups in total. The molecule has 124 valence electrons. The number of thiophene rings is 4. The van der Waals surface area contributed by atoms with Gasteiger partial charge < -0.3 is 0 Å². The van der Waals surface area contributed by atoms with Crippen LogP contribution in [0, 0.1) is 0 Å². The van der Waals surface area contributed by atoms with Gasteiger partial charge in [-0.2, -0.15) is 45.3 Å². The minimum absolute atomic E-state index is 0.102. The van der Waals surface area contributed by atoms with Crippen LogP contribution in [0.4, 0.5) is 0 Å². The van der Waals surface area contributed by atoms with Gasteiger partial charge in [-0.1, -0.05) is 0 Å². The summed E-state index contributed by atoms with van der Waals surface area (Å²) in [4.78, 5) is 25.7. The lowest BCUT2D eigenvalue weighted by Crippen LogP contribution is -2.15. The van der Waals surface area contributed by atoms with Gasteiger partial charge in [-0.05, 0) is 21.5 Å². The van der Waals surface area contributed by atoms with Gasteiger partial charge in [0.15, 0.2) is 11.6 Å². The van der Waals surface area contributed by atoms with Crippen molar-refractivity contribution >= 4 is 68.1 Å². The Morgan fingerprint density at radius 1 is 0.385 bits per heavy atom. The van der Waals surface area contributed by atoms with Crippen LogP contribution in [0.1, 0.15) is 54.1 Å². The van der Waals surface area contributed by atoms with Crippen molar-refractivity contribution in [1.29, 1.82) is 0 Å². The van der Waals surface area contributed by atoms with Crippen LogP contribution in [0.15, 0.2) is 43.0 Å². The standard InChI is InChI=1S/C20H8O2S4/c21-19-13-5-23-1-9(13)17(10-2-24-6-14(10)19)18-11-3-25-7-15(11)20(22)16-8-26-4-12(16)18/h1-8H. The van der Waals surface area contributed by atoms with Gasteiger partial charge in [0.05, 0.1) is 0 Å². The van der Waals surface area contributed by atoms with E-state index in [0.717, 1.165) is 55.7 Å². The van der Waals surface area contributed by atoms with Gasteiger partial charge in [-0.3, -0.25) is 9.59 Å². The molecule has 6 heteroatoms. The molecule has 0 unspecified atom stereocenters. The maximum Gasteiger partial charge on any atom is 0.195 e. The number of hydrogen-bond acceptors (Lipinski definition) is 6. The normalized spacial score (nSPS) is 14.9. The molecule has 0 bridgehead atoms. The molecule has 0 saturated heterocycles. The number of fused-ring (bicyclic) bond motifs is 4. The quantitative estimate of drug-likeness (QED) is 0.308. The largest absolute Gasteiger partial charge is 0.289 e. The number of ketones is 2. The van der Waals surface area contributed by atoms with Crippen molar-refractivity contribution in [1.82, 2.24) is 0 Å². The fourth-order valence-corrected chi connectivity index (χ4v) is 7.06. The molecular weight excluding hydrogens is 400 g/mol. The van der Waals surface area contributed by atoms with Crippen LogP contribution in [-0.2, 0) is 0 Å². The van der Waals surface area contributed by atoms with Gasteiger partial charge in [0.25, 0.3) is 0 Å². The number of carbonyl (C=O) groups is 2. The lowest BCUT2D eigenvalue weighted by Gasteiger charge is -2.23. The molecule has 0 radical (unpaired) electrons. The number of rotatable bonds is 0. The van der Waals surface area contributed by atoms with E-state index in [0.29, 0.717) is 0 Å². The molecule has 0 atom stereocenters. The zero-order chi connectivity index (χ0) is 17.4. The third kappa shape index (κ3) is 1.75. The number of hydrogen-bond donors (Lipinski definition) is 0. The van der Waals surface area contributed by atoms with E-state index in [1.54, 1.807) is 45.3 Å². The van der Waals surface area contributed by atoms with E-state index in [-0.39, 0.29) is 11.6 Å². The third-order valence-electron chi connectivity index (χ3n) is 4.95. The Morgan fingerprint density at radius 3 is 0.885 bits per heavy atom. The average molecular weight is 409 g/mol. The van der Waals surface area contributed by atoms with Crippen LogP contribution in [0.3, 0.4) is 0 Å². The van der Waals surface area contributed by atoms with E-state index in [1.807, 2.05) is 21.5 Å². The molecule has 2 aliphatic carbocycles. The van der Waals surface area contributed by atoms with Crippen LogP contribution in [0.2, 0.25) is 0 Å². The summed E-state index contributed by atoms with van der Waals surface area (Å²) < 4.78 is 0. The van der Waals surface area contributed by atoms with Gasteiger partial charge in [-0.25, -0.2) is 0 Å². The van der Waals surface area contributed by atoms with E-state index < -0.39 is 0 Å². The molecule has 0 saturated carbocycles. The van der Waals surface area contributed by atoms with Gasteiger partial charge in [0.1, 0.15) is 0 Å². The SMILES string of the molecule is O=C1c2cscc2C(=C2c3cscc3C(=O)c3cscc32)c2cscc21. The maximum absolute atomic E-state index is 12.8. The molecule has 4 heterocycles. The molecule has 26 heavy (non-hydrogen) atoms. The highest BCUT2D eigenvalue weighted by Gasteiger charge is 2.36. The molecule has 0 spiro atoms. The fourth-order valence-electron chi connectivity index (χ4n) is 3.79. The molecule has 0 fully saturated rings. The second-order valence-corrected chi connectivity index (χ2v) is 9.18. The van der Waals surface area contributed by atoms with Crippen LogP contribution in [0.5, 0.6) is 0 Å². The van der Waals surface area contributed by atoms with E-state index in [1.165, 1.54) is 0 Å². The Hall–Kier alpha value is -2.12. The predicted octanol–water partition coefficient (Wildman–Crippen LogP) is 6.03. The Bertz CT molecular complexity index is 1080. The fraction of sp³-hybridized carbons (Fsp3) is 0. The molecule has 4 aromatic heterocycles. The minimum Gasteiger partial charge on any atom is -0.289 e. The van der Waals surface area contributed by atoms with Crippen molar-refractivity contribution < 1.29 is 9.59 Å². The summed E-state index contributed by atoms with van der Waals surface area (Å²) in [6.45, 7) is 0. The van der Waals surface area contributed by atoms with E-state index >= 15 is 0 Å². The predicted molar refractivity (Wildman–Crippen MR) is 109 cm³/mol. The zero-order valence-corrected chi connectivity index (χ0v) is 16.3. The van der Waals surface area contributed by atoms with E-state index in [9.17, 15) is 9.59 Å². The van der Waals surface area contributed by atoms with Crippen molar-refractivity contribution in [3.63, 3.8) is 0 Å². The van der Waals surface area contributed by atoms with Gasteiger partial charge in [0, 0.05) is 77.2 Å². The van der Waals surface area contributed by atoms with Crippen LogP contribution in [0.25, 0.3) is 11.1 Å². The first-order chi connectivity index (χ1) is 12.8. The second kappa shape index (κ2) is 5.20. The molecule has 0 aromatic carbocycles. The van der Waals surface area contributed by atoms with Crippen LogP contribution < -0.4 is 0 Å². The Kier molecular flexibility index (Phi) is 3.00. The minimum atomic E-state index is 0.102. The third-order valence-corrected chi connectivity index (χ3v) is 7.93. The molecule has 6 rings (SSSR count). The molecule has 2 nitrogen and oxygen atoms in total. The van der Waals surface area contributed by atoms with Crippen molar-refractivity contribution in [2.75, 3.05) is 0 Å². The van der Waals surface area contributed by atoms with Crippen LogP contribution in [-0.4, -0.2) is 11.6 Å². The molecule has 0 aliphatic heterocycles. The van der Waals surface area contributed by atoms with Gasteiger partial charge in [-0.15, -0.1) is 0 Å². The van der Waals surface area contributed by atoms with Crippen molar-refractivity contribution in [3.8, 4) is 0 Å². The van der Waals surface area contributed by atoms with Crippen molar-refractivity contribution in [2.45, 2.75) is 0 Å². The lowest BCUT2D eigenvalue weighted by atomic mass is 9.77. The smallest absolute Gasteiger partial charge is 0.195 e. The molecule has 4 aromatic rings. The maximum atomic E-state index is 12.8. The lowest BCUT2D eigenvalue weighted by molar-refractivity contribution is 0.103. The number of carbonyl (C=O) groups excluding carboxylic acids is 2. The first-order valence-electron chi connectivity index (χ1n) is 7.85. The van der Waals surface area contributed by atoms with Gasteiger partial charge >= 0.3 is 0 Å². The summed E-state index contributed by atoms with van der Waals surface area (Å²) in [5.74, 6) is 0.203. The summed E-state index contributed by atoms with van der Waals surface area (Å²) in [6.07, 6.45) is 0.